The molecular formula is C16H18GeO2. The number of benzene rings is 2. The molecule has 2 rings (SSSR count). The molecule has 2 nitrogen and oxygen atoms in total. The molecule has 0 spiro atoms. The zero-order valence-electron chi connectivity index (χ0n) is 11.3. The molecule has 19 heavy (non-hydrogen) atoms. The van der Waals surface area contributed by atoms with Gasteiger partial charge in [-0.2, -0.15) is 0 Å². The summed E-state index contributed by atoms with van der Waals surface area (Å²) in [7, 11) is 0. The molecule has 0 atom stereocenters. The van der Waals surface area contributed by atoms with E-state index in [0.717, 1.165) is 22.4 Å². The van der Waals surface area contributed by atoms with Gasteiger partial charge in [0.1, 0.15) is 0 Å². The monoisotopic (exact) mass is 316 g/mol. The van der Waals surface area contributed by atoms with Crippen molar-refractivity contribution in [3.63, 3.8) is 0 Å². The molecule has 2 radical (unpaired) electrons. The number of para-hydroxylation sites is 2. The van der Waals surface area contributed by atoms with Crippen molar-refractivity contribution in [2.24, 2.45) is 0 Å². The predicted octanol–water partition coefficient (Wildman–Crippen LogP) is 3.38. The summed E-state index contributed by atoms with van der Waals surface area (Å²) in [6, 6.07) is 16.2. The van der Waals surface area contributed by atoms with Gasteiger partial charge in [-0.05, 0) is 0 Å². The fourth-order valence-corrected chi connectivity index (χ4v) is 2.99. The first kappa shape index (κ1) is 14.0. The molecule has 3 heteroatoms. The van der Waals surface area contributed by atoms with Gasteiger partial charge in [0.15, 0.2) is 0 Å². The first-order valence-corrected chi connectivity index (χ1v) is 9.31. The van der Waals surface area contributed by atoms with Crippen molar-refractivity contribution in [3.8, 4) is 11.5 Å². The first-order valence-electron chi connectivity index (χ1n) is 6.35. The summed E-state index contributed by atoms with van der Waals surface area (Å²) < 4.78 is 11.6. The molecule has 98 valence electrons. The van der Waals surface area contributed by atoms with Gasteiger partial charge in [0, 0.05) is 0 Å². The zero-order chi connectivity index (χ0) is 13.5. The van der Waals surface area contributed by atoms with Gasteiger partial charge in [-0.25, -0.2) is 0 Å². The van der Waals surface area contributed by atoms with E-state index in [1.54, 1.807) is 0 Å². The number of hydrogen-bond donors (Lipinski definition) is 0. The number of rotatable bonds is 6. The van der Waals surface area contributed by atoms with Gasteiger partial charge in [0.2, 0.25) is 0 Å². The Balaban J connectivity index is 1.71. The average molecular weight is 315 g/mol. The van der Waals surface area contributed by atoms with Crippen molar-refractivity contribution in [3.05, 3.63) is 59.7 Å². The van der Waals surface area contributed by atoms with E-state index in [2.05, 4.69) is 26.0 Å². The molecule has 0 amide bonds. The number of ether oxygens (including phenoxy) is 2. The van der Waals surface area contributed by atoms with Crippen LogP contribution in [0.25, 0.3) is 0 Å². The minimum absolute atomic E-state index is 0.230. The van der Waals surface area contributed by atoms with Gasteiger partial charge in [-0.15, -0.1) is 0 Å². The van der Waals surface area contributed by atoms with Gasteiger partial charge in [-0.3, -0.25) is 0 Å². The molecule has 0 N–H and O–H groups in total. The summed E-state index contributed by atoms with van der Waals surface area (Å²) in [5.41, 5.74) is 3.98. The Morgan fingerprint density at radius 3 is 1.58 bits per heavy atom. The van der Waals surface area contributed by atoms with E-state index in [4.69, 9.17) is 9.47 Å². The Labute approximate surface area is 121 Å². The fourth-order valence-electron chi connectivity index (χ4n) is 1.74. The third-order valence-electron chi connectivity index (χ3n) is 2.85. The van der Waals surface area contributed by atoms with Gasteiger partial charge >= 0.3 is 121 Å². The van der Waals surface area contributed by atoms with Crippen LogP contribution < -0.4 is 9.47 Å². The summed E-state index contributed by atoms with van der Waals surface area (Å²) in [4.78, 5) is 0. The Kier molecular flexibility index (Phi) is 5.34. The summed E-state index contributed by atoms with van der Waals surface area (Å²) >= 11 is -0.230. The Hall–Kier alpha value is -1.42. The molecule has 0 heterocycles. The van der Waals surface area contributed by atoms with E-state index in [1.807, 2.05) is 36.4 Å². The molecule has 0 aliphatic heterocycles. The van der Waals surface area contributed by atoms with Crippen molar-refractivity contribution >= 4 is 15.4 Å². The molecule has 0 saturated heterocycles. The van der Waals surface area contributed by atoms with E-state index in [0.29, 0.717) is 0 Å². The zero-order valence-corrected chi connectivity index (χ0v) is 13.4. The summed E-state index contributed by atoms with van der Waals surface area (Å²) in [6.45, 7) is 4.14. The first-order chi connectivity index (χ1) is 9.27. The van der Waals surface area contributed by atoms with Gasteiger partial charge in [0.25, 0.3) is 0 Å². The van der Waals surface area contributed by atoms with Crippen LogP contribution in [0.3, 0.4) is 0 Å². The van der Waals surface area contributed by atoms with Crippen molar-refractivity contribution in [1.82, 2.24) is 0 Å². The van der Waals surface area contributed by atoms with Crippen LogP contribution in [-0.2, 0) is 0 Å². The van der Waals surface area contributed by atoms with Crippen molar-refractivity contribution in [2.45, 2.75) is 13.8 Å². The molecule has 0 bridgehead atoms. The minimum atomic E-state index is -0.230. The normalized spacial score (nSPS) is 10.2. The van der Waals surface area contributed by atoms with Crippen LogP contribution in [-0.4, -0.2) is 26.3 Å². The van der Waals surface area contributed by atoms with Crippen molar-refractivity contribution < 1.29 is 9.47 Å². The second kappa shape index (κ2) is 7.24. The number of hydrogen-bond acceptors (Lipinski definition) is 2. The Bertz CT molecular complexity index is 478. The predicted molar refractivity (Wildman–Crippen MR) is 79.1 cm³/mol. The molecule has 0 aliphatic rings. The molecular weight excluding hydrogens is 297 g/mol. The topological polar surface area (TPSA) is 18.5 Å². The van der Waals surface area contributed by atoms with E-state index in [1.165, 1.54) is 11.1 Å². The maximum absolute atomic E-state index is 5.78. The summed E-state index contributed by atoms with van der Waals surface area (Å²) in [5.74, 6) is 1.98. The SMILES string of the molecule is Cc1ccccc1O[CH2][Ge][CH2]Oc1ccccc1C. The van der Waals surface area contributed by atoms with Crippen LogP contribution in [0, 0.1) is 13.8 Å². The molecule has 0 aromatic heterocycles. The van der Waals surface area contributed by atoms with Crippen molar-refractivity contribution in [1.29, 1.82) is 0 Å². The average Bonchev–Trinajstić information content (AvgIpc) is 2.42. The third-order valence-corrected chi connectivity index (χ3v) is 4.31. The fraction of sp³-hybridized carbons (Fsp3) is 0.250. The van der Waals surface area contributed by atoms with Crippen LogP contribution >= 0.6 is 0 Å². The summed E-state index contributed by atoms with van der Waals surface area (Å²) in [5, 5.41) is 0. The van der Waals surface area contributed by atoms with Gasteiger partial charge in [-0.1, -0.05) is 0 Å². The molecule has 0 saturated carbocycles. The van der Waals surface area contributed by atoms with Crippen LogP contribution in [0.1, 0.15) is 11.1 Å². The third kappa shape index (κ3) is 4.32. The van der Waals surface area contributed by atoms with E-state index in [-0.39, 0.29) is 15.4 Å². The standard InChI is InChI=1S/C16H18GeO2/c1-13-7-3-5-9-15(13)18-11-17-12-19-16-10-6-4-8-14(16)2/h3-10H,11-12H2,1-2H3. The van der Waals surface area contributed by atoms with Crippen LogP contribution in [0.5, 0.6) is 11.5 Å². The van der Waals surface area contributed by atoms with Gasteiger partial charge < -0.3 is 0 Å². The Morgan fingerprint density at radius 1 is 0.737 bits per heavy atom. The molecule has 0 aliphatic carbocycles. The van der Waals surface area contributed by atoms with E-state index >= 15 is 0 Å². The molecule has 2 aromatic carbocycles. The van der Waals surface area contributed by atoms with Gasteiger partial charge in [0.05, 0.1) is 0 Å². The molecule has 0 unspecified atom stereocenters. The van der Waals surface area contributed by atoms with Crippen LogP contribution in [0.2, 0.25) is 0 Å². The molecule has 2 aromatic rings. The van der Waals surface area contributed by atoms with Crippen LogP contribution in [0.4, 0.5) is 0 Å². The van der Waals surface area contributed by atoms with E-state index < -0.39 is 0 Å². The summed E-state index contributed by atoms with van der Waals surface area (Å²) in [6.07, 6.45) is 0. The second-order valence-electron chi connectivity index (χ2n) is 4.36. The van der Waals surface area contributed by atoms with E-state index in [9.17, 15) is 0 Å². The second-order valence-corrected chi connectivity index (χ2v) is 6.62. The van der Waals surface area contributed by atoms with Crippen molar-refractivity contribution in [2.75, 3.05) is 10.9 Å². The Morgan fingerprint density at radius 2 is 1.16 bits per heavy atom. The maximum atomic E-state index is 5.78. The molecule has 0 fully saturated rings. The quantitative estimate of drug-likeness (QED) is 0.601. The van der Waals surface area contributed by atoms with Crippen LogP contribution in [0.15, 0.2) is 48.5 Å². The number of aryl methyl sites for hydroxylation is 2.